The number of nitrogens with one attached hydrogen (secondary N) is 1. The second kappa shape index (κ2) is 12.6. The molecule has 1 saturated heterocycles. The molecule has 0 aliphatic carbocycles. The van der Waals surface area contributed by atoms with Crippen LogP contribution in [0.2, 0.25) is 0 Å². The maximum atomic E-state index is 12.7. The summed E-state index contributed by atoms with van der Waals surface area (Å²) < 4.78 is 11.4. The van der Waals surface area contributed by atoms with E-state index in [0.717, 1.165) is 22.6 Å². The van der Waals surface area contributed by atoms with Crippen molar-refractivity contribution in [3.05, 3.63) is 96.1 Å². The number of rotatable bonds is 10. The smallest absolute Gasteiger partial charge is 0.225 e. The van der Waals surface area contributed by atoms with Crippen LogP contribution in [0.4, 0.5) is 0 Å². The van der Waals surface area contributed by atoms with Crippen LogP contribution in [-0.2, 0) is 22.7 Å². The zero-order chi connectivity index (χ0) is 24.3. The van der Waals surface area contributed by atoms with E-state index in [1.165, 1.54) is 0 Å². The molecule has 35 heavy (non-hydrogen) atoms. The predicted octanol–water partition coefficient (Wildman–Crippen LogP) is 4.59. The molecule has 0 unspecified atom stereocenters. The molecule has 0 radical (unpaired) electrons. The van der Waals surface area contributed by atoms with Gasteiger partial charge in [0.05, 0.1) is 13.0 Å². The maximum absolute atomic E-state index is 12.7. The predicted molar refractivity (Wildman–Crippen MR) is 135 cm³/mol. The molecule has 182 valence electrons. The van der Waals surface area contributed by atoms with Crippen LogP contribution >= 0.6 is 0 Å². The Labute approximate surface area is 206 Å². The number of carbonyl (C=O) groups is 2. The van der Waals surface area contributed by atoms with Gasteiger partial charge in [-0.2, -0.15) is 0 Å². The van der Waals surface area contributed by atoms with Crippen molar-refractivity contribution in [3.63, 3.8) is 0 Å². The lowest BCUT2D eigenvalue weighted by Crippen LogP contribution is -2.43. The first-order chi connectivity index (χ1) is 17.2. The molecule has 0 saturated carbocycles. The average molecular weight is 473 g/mol. The van der Waals surface area contributed by atoms with E-state index in [-0.39, 0.29) is 17.7 Å². The van der Waals surface area contributed by atoms with Gasteiger partial charge in [-0.25, -0.2) is 0 Å². The number of hydrogen-bond acceptors (Lipinski definition) is 4. The minimum Gasteiger partial charge on any atom is -0.493 e. The molecular weight excluding hydrogens is 440 g/mol. The molecule has 0 aromatic heterocycles. The third-order valence-corrected chi connectivity index (χ3v) is 6.15. The van der Waals surface area contributed by atoms with Crippen LogP contribution in [0.3, 0.4) is 0 Å². The molecule has 0 spiro atoms. The lowest BCUT2D eigenvalue weighted by Gasteiger charge is -2.31. The number of hydrogen-bond donors (Lipinski definition) is 1. The highest BCUT2D eigenvalue weighted by atomic mass is 16.5. The molecule has 4 rings (SSSR count). The molecule has 0 atom stereocenters. The third kappa shape index (κ3) is 7.60. The van der Waals surface area contributed by atoms with Crippen molar-refractivity contribution in [2.75, 3.05) is 19.7 Å². The number of para-hydroxylation sites is 2. The average Bonchev–Trinajstić information content (AvgIpc) is 2.92. The number of piperidine rings is 1. The summed E-state index contributed by atoms with van der Waals surface area (Å²) in [6, 6.07) is 27.3. The molecule has 1 aliphatic heterocycles. The Balaban J connectivity index is 1.16. The van der Waals surface area contributed by atoms with Crippen molar-refractivity contribution in [3.8, 4) is 11.5 Å². The quantitative estimate of drug-likeness (QED) is 0.469. The number of benzene rings is 3. The Hall–Kier alpha value is -3.80. The molecule has 2 amide bonds. The molecule has 0 bridgehead atoms. The van der Waals surface area contributed by atoms with E-state index >= 15 is 0 Å². The van der Waals surface area contributed by atoms with Crippen molar-refractivity contribution in [1.82, 2.24) is 10.2 Å². The van der Waals surface area contributed by atoms with Gasteiger partial charge in [-0.1, -0.05) is 60.7 Å². The minimum absolute atomic E-state index is 0.0513. The van der Waals surface area contributed by atoms with Gasteiger partial charge in [0, 0.05) is 25.6 Å². The van der Waals surface area contributed by atoms with E-state index in [1.54, 1.807) is 0 Å². The Kier molecular flexibility index (Phi) is 8.76. The van der Waals surface area contributed by atoms with Crippen molar-refractivity contribution < 1.29 is 19.1 Å². The van der Waals surface area contributed by atoms with Crippen molar-refractivity contribution in [2.24, 2.45) is 5.92 Å². The van der Waals surface area contributed by atoms with E-state index in [1.807, 2.05) is 83.8 Å². The fourth-order valence-electron chi connectivity index (χ4n) is 4.17. The van der Waals surface area contributed by atoms with Gasteiger partial charge in [0.25, 0.3) is 0 Å². The molecule has 1 heterocycles. The topological polar surface area (TPSA) is 67.9 Å². The summed E-state index contributed by atoms with van der Waals surface area (Å²) in [5.41, 5.74) is 2.10. The van der Waals surface area contributed by atoms with Gasteiger partial charge in [-0.3, -0.25) is 9.59 Å². The number of likely N-dealkylation sites (tertiary alicyclic amines) is 1. The van der Waals surface area contributed by atoms with Crippen molar-refractivity contribution in [1.29, 1.82) is 0 Å². The van der Waals surface area contributed by atoms with E-state index < -0.39 is 0 Å². The molecular formula is C29H32N2O4. The summed E-state index contributed by atoms with van der Waals surface area (Å²) >= 11 is 0. The van der Waals surface area contributed by atoms with Crippen LogP contribution in [0, 0.1) is 5.92 Å². The third-order valence-electron chi connectivity index (χ3n) is 6.15. The van der Waals surface area contributed by atoms with Gasteiger partial charge in [0.1, 0.15) is 18.1 Å². The maximum Gasteiger partial charge on any atom is 0.225 e. The summed E-state index contributed by atoms with van der Waals surface area (Å²) in [7, 11) is 0. The summed E-state index contributed by atoms with van der Waals surface area (Å²) in [4.78, 5) is 27.0. The van der Waals surface area contributed by atoms with Crippen LogP contribution in [0.5, 0.6) is 11.5 Å². The molecule has 1 fully saturated rings. The fourth-order valence-corrected chi connectivity index (χ4v) is 4.17. The van der Waals surface area contributed by atoms with Gasteiger partial charge in [0.15, 0.2) is 0 Å². The monoisotopic (exact) mass is 472 g/mol. The van der Waals surface area contributed by atoms with Gasteiger partial charge < -0.3 is 19.7 Å². The molecule has 1 N–H and O–H groups in total. The van der Waals surface area contributed by atoms with Gasteiger partial charge in [-0.05, 0) is 48.2 Å². The van der Waals surface area contributed by atoms with E-state index in [4.69, 9.17) is 9.47 Å². The Morgan fingerprint density at radius 2 is 1.43 bits per heavy atom. The molecule has 1 aliphatic rings. The van der Waals surface area contributed by atoms with Gasteiger partial charge in [0.2, 0.25) is 11.8 Å². The van der Waals surface area contributed by atoms with Crippen molar-refractivity contribution in [2.45, 2.75) is 32.4 Å². The Morgan fingerprint density at radius 3 is 2.11 bits per heavy atom. The van der Waals surface area contributed by atoms with E-state index in [9.17, 15) is 9.59 Å². The van der Waals surface area contributed by atoms with E-state index in [2.05, 4.69) is 11.4 Å². The van der Waals surface area contributed by atoms with Crippen molar-refractivity contribution >= 4 is 11.8 Å². The summed E-state index contributed by atoms with van der Waals surface area (Å²) in [5.74, 6) is 1.67. The Morgan fingerprint density at radius 1 is 0.800 bits per heavy atom. The normalized spacial score (nSPS) is 13.8. The zero-order valence-electron chi connectivity index (χ0n) is 19.9. The van der Waals surface area contributed by atoms with Gasteiger partial charge in [-0.15, -0.1) is 0 Å². The van der Waals surface area contributed by atoms with Crippen LogP contribution in [-0.4, -0.2) is 36.4 Å². The lowest BCUT2D eigenvalue weighted by molar-refractivity contribution is -0.136. The number of nitrogens with zero attached hydrogens (tertiary/aromatic N) is 1. The highest BCUT2D eigenvalue weighted by molar-refractivity contribution is 5.80. The van der Waals surface area contributed by atoms with Crippen LogP contribution in [0.25, 0.3) is 0 Å². The number of amides is 2. The van der Waals surface area contributed by atoms with Crippen LogP contribution in [0.1, 0.15) is 30.4 Å². The standard InChI is InChI=1S/C29H32N2O4/c32-28(16-19-34-26-10-3-1-4-11-26)31-17-14-25(15-18-31)29(33)30-21-23-8-7-9-24(20-23)22-35-27-12-5-2-6-13-27/h1-13,20,25H,14-19,21-22H2,(H,30,33). The number of carbonyl (C=O) groups excluding carboxylic acids is 2. The zero-order valence-corrected chi connectivity index (χ0v) is 19.9. The first-order valence-electron chi connectivity index (χ1n) is 12.2. The minimum atomic E-state index is -0.0655. The lowest BCUT2D eigenvalue weighted by atomic mass is 9.95. The molecule has 3 aromatic rings. The summed E-state index contributed by atoms with van der Waals surface area (Å²) in [6.45, 7) is 2.53. The Bertz CT molecular complexity index is 1080. The van der Waals surface area contributed by atoms with Crippen LogP contribution in [0.15, 0.2) is 84.9 Å². The SMILES string of the molecule is O=C(NCc1cccc(COc2ccccc2)c1)C1CCN(C(=O)CCOc2ccccc2)CC1. The first-order valence-corrected chi connectivity index (χ1v) is 12.2. The van der Waals surface area contributed by atoms with Crippen LogP contribution < -0.4 is 14.8 Å². The molecule has 3 aromatic carbocycles. The van der Waals surface area contributed by atoms with E-state index in [0.29, 0.717) is 52.1 Å². The summed E-state index contributed by atoms with van der Waals surface area (Å²) in [6.07, 6.45) is 1.71. The number of ether oxygens (including phenoxy) is 2. The highest BCUT2D eigenvalue weighted by Crippen LogP contribution is 2.19. The second-order valence-electron chi connectivity index (χ2n) is 8.71. The molecule has 6 nitrogen and oxygen atoms in total. The second-order valence-corrected chi connectivity index (χ2v) is 8.71. The first kappa shape index (κ1) is 24.3. The van der Waals surface area contributed by atoms with Gasteiger partial charge >= 0.3 is 0 Å². The fraction of sp³-hybridized carbons (Fsp3) is 0.310. The summed E-state index contributed by atoms with van der Waals surface area (Å²) in [5, 5.41) is 3.06. The highest BCUT2D eigenvalue weighted by Gasteiger charge is 2.27. The molecule has 6 heteroatoms. The largest absolute Gasteiger partial charge is 0.493 e.